The van der Waals surface area contributed by atoms with E-state index in [1.165, 1.54) is 4.90 Å². The molecule has 0 saturated heterocycles. The summed E-state index contributed by atoms with van der Waals surface area (Å²) in [5.74, 6) is 0.996. The predicted molar refractivity (Wildman–Crippen MR) is 110 cm³/mol. The molecular weight excluding hydrogens is 346 g/mol. The highest BCUT2D eigenvalue weighted by Crippen LogP contribution is 2.30. The molecule has 5 nitrogen and oxygen atoms in total. The molecule has 0 amide bonds. The minimum absolute atomic E-state index is 0.256. The van der Waals surface area contributed by atoms with Gasteiger partial charge in [0.05, 0.1) is 40.0 Å². The van der Waals surface area contributed by atoms with Crippen molar-refractivity contribution in [1.29, 1.82) is 0 Å². The van der Waals surface area contributed by atoms with Crippen molar-refractivity contribution in [2.45, 2.75) is 13.0 Å². The summed E-state index contributed by atoms with van der Waals surface area (Å²) in [6.45, 7) is 2.33. The molecule has 2 aromatic carbocycles. The summed E-state index contributed by atoms with van der Waals surface area (Å²) in [7, 11) is 5.92. The minimum atomic E-state index is 0.256. The van der Waals surface area contributed by atoms with Gasteiger partial charge < -0.3 is 25.0 Å². The predicted octanol–water partition coefficient (Wildman–Crippen LogP) is 1.82. The Morgan fingerprint density at radius 1 is 1.15 bits per heavy atom. The number of ether oxygens (including phenoxy) is 1. The van der Waals surface area contributed by atoms with Crippen molar-refractivity contribution in [2.75, 3.05) is 39.2 Å². The fourth-order valence-corrected chi connectivity index (χ4v) is 2.93. The SMILES string of the molecule is COc1ccccc1N(Cc1ccccc1O)C(=S)NCCC[NH+](C)C. The van der Waals surface area contributed by atoms with Gasteiger partial charge in [0, 0.05) is 18.5 Å². The first-order valence-corrected chi connectivity index (χ1v) is 9.18. The van der Waals surface area contributed by atoms with Gasteiger partial charge in [-0.05, 0) is 30.4 Å². The summed E-state index contributed by atoms with van der Waals surface area (Å²) >= 11 is 5.66. The molecule has 0 aromatic heterocycles. The molecular formula is C20H28N3O2S+. The molecule has 0 bridgehead atoms. The highest BCUT2D eigenvalue weighted by molar-refractivity contribution is 7.80. The number of para-hydroxylation sites is 3. The van der Waals surface area contributed by atoms with Crippen molar-refractivity contribution in [1.82, 2.24) is 5.32 Å². The molecule has 2 aromatic rings. The van der Waals surface area contributed by atoms with Crippen LogP contribution in [0.25, 0.3) is 0 Å². The average molecular weight is 375 g/mol. The van der Waals surface area contributed by atoms with Gasteiger partial charge in [-0.25, -0.2) is 0 Å². The molecule has 6 heteroatoms. The monoisotopic (exact) mass is 374 g/mol. The van der Waals surface area contributed by atoms with Crippen LogP contribution in [-0.2, 0) is 6.54 Å². The maximum atomic E-state index is 10.2. The molecule has 3 N–H and O–H groups in total. The highest BCUT2D eigenvalue weighted by Gasteiger charge is 2.18. The quantitative estimate of drug-likeness (QED) is 0.486. The van der Waals surface area contributed by atoms with E-state index in [0.29, 0.717) is 11.7 Å². The van der Waals surface area contributed by atoms with Crippen LogP contribution in [0.5, 0.6) is 11.5 Å². The van der Waals surface area contributed by atoms with E-state index in [1.54, 1.807) is 13.2 Å². The van der Waals surface area contributed by atoms with Crippen LogP contribution < -0.4 is 19.9 Å². The Balaban J connectivity index is 2.21. The van der Waals surface area contributed by atoms with Crippen LogP contribution in [0.1, 0.15) is 12.0 Å². The largest absolute Gasteiger partial charge is 0.508 e. The molecule has 2 rings (SSSR count). The Bertz CT molecular complexity index is 722. The van der Waals surface area contributed by atoms with Crippen LogP contribution in [0.15, 0.2) is 48.5 Å². The van der Waals surface area contributed by atoms with Gasteiger partial charge in [0.15, 0.2) is 5.11 Å². The van der Waals surface area contributed by atoms with Crippen molar-refractivity contribution in [2.24, 2.45) is 0 Å². The number of hydrogen-bond acceptors (Lipinski definition) is 3. The topological polar surface area (TPSA) is 49.2 Å². The lowest BCUT2D eigenvalue weighted by Gasteiger charge is -2.28. The Morgan fingerprint density at radius 3 is 2.54 bits per heavy atom. The van der Waals surface area contributed by atoms with Gasteiger partial charge in [-0.1, -0.05) is 30.3 Å². The van der Waals surface area contributed by atoms with Crippen LogP contribution >= 0.6 is 12.2 Å². The second kappa shape index (κ2) is 9.99. The van der Waals surface area contributed by atoms with E-state index in [1.807, 2.05) is 47.4 Å². The zero-order valence-electron chi connectivity index (χ0n) is 15.7. The van der Waals surface area contributed by atoms with E-state index < -0.39 is 0 Å². The maximum Gasteiger partial charge on any atom is 0.173 e. The minimum Gasteiger partial charge on any atom is -0.508 e. The second-order valence-corrected chi connectivity index (χ2v) is 6.82. The van der Waals surface area contributed by atoms with E-state index >= 15 is 0 Å². The van der Waals surface area contributed by atoms with Gasteiger partial charge in [-0.3, -0.25) is 0 Å². The molecule has 0 saturated carbocycles. The summed E-state index contributed by atoms with van der Waals surface area (Å²) < 4.78 is 5.51. The molecule has 0 unspecified atom stereocenters. The first-order valence-electron chi connectivity index (χ1n) is 8.77. The number of phenolic OH excluding ortho intramolecular Hbond substituents is 1. The summed E-state index contributed by atoms with van der Waals surface area (Å²) in [4.78, 5) is 3.37. The van der Waals surface area contributed by atoms with E-state index in [2.05, 4.69) is 19.4 Å². The van der Waals surface area contributed by atoms with E-state index in [4.69, 9.17) is 17.0 Å². The van der Waals surface area contributed by atoms with E-state index in [0.717, 1.165) is 36.5 Å². The van der Waals surface area contributed by atoms with Crippen LogP contribution in [0.2, 0.25) is 0 Å². The van der Waals surface area contributed by atoms with Gasteiger partial charge in [-0.2, -0.15) is 0 Å². The number of aromatic hydroxyl groups is 1. The van der Waals surface area contributed by atoms with Gasteiger partial charge in [0.25, 0.3) is 0 Å². The molecule has 0 aliphatic rings. The number of methoxy groups -OCH3 is 1. The third-order valence-electron chi connectivity index (χ3n) is 4.07. The van der Waals surface area contributed by atoms with E-state index in [9.17, 15) is 5.11 Å². The zero-order chi connectivity index (χ0) is 18.9. The molecule has 0 heterocycles. The van der Waals surface area contributed by atoms with Crippen molar-refractivity contribution in [3.8, 4) is 11.5 Å². The number of hydrogen-bond donors (Lipinski definition) is 3. The Labute approximate surface area is 161 Å². The van der Waals surface area contributed by atoms with Crippen LogP contribution in [0.3, 0.4) is 0 Å². The van der Waals surface area contributed by atoms with Crippen molar-refractivity contribution < 1.29 is 14.7 Å². The fraction of sp³-hybridized carbons (Fsp3) is 0.350. The lowest BCUT2D eigenvalue weighted by molar-refractivity contribution is -0.858. The van der Waals surface area contributed by atoms with Crippen LogP contribution in [0, 0.1) is 0 Å². The molecule has 0 aliphatic carbocycles. The maximum absolute atomic E-state index is 10.2. The third-order valence-corrected chi connectivity index (χ3v) is 4.44. The number of benzene rings is 2. The smallest absolute Gasteiger partial charge is 0.173 e. The van der Waals surface area contributed by atoms with Crippen molar-refractivity contribution in [3.05, 3.63) is 54.1 Å². The fourth-order valence-electron chi connectivity index (χ4n) is 2.67. The standard InChI is InChI=1S/C20H27N3O2S/c1-22(2)14-8-13-21-20(26)23(15-16-9-4-6-11-18(16)24)17-10-5-7-12-19(17)25-3/h4-7,9-12,24H,8,13-15H2,1-3H3,(H,21,26)/p+1. The number of thiocarbonyl (C=S) groups is 1. The molecule has 26 heavy (non-hydrogen) atoms. The first-order chi connectivity index (χ1) is 12.5. The number of nitrogens with one attached hydrogen (secondary N) is 2. The molecule has 0 atom stereocenters. The lowest BCUT2D eigenvalue weighted by Crippen LogP contribution is -3.05. The summed E-state index contributed by atoms with van der Waals surface area (Å²) in [5.41, 5.74) is 1.68. The van der Waals surface area contributed by atoms with Gasteiger partial charge in [-0.15, -0.1) is 0 Å². The number of anilines is 1. The van der Waals surface area contributed by atoms with E-state index in [-0.39, 0.29) is 5.75 Å². The summed E-state index contributed by atoms with van der Waals surface area (Å²) in [5, 5.41) is 14.1. The molecule has 0 fully saturated rings. The normalized spacial score (nSPS) is 10.6. The Kier molecular flexibility index (Phi) is 7.69. The van der Waals surface area contributed by atoms with Crippen LogP contribution in [0.4, 0.5) is 5.69 Å². The second-order valence-electron chi connectivity index (χ2n) is 6.43. The average Bonchev–Trinajstić information content (AvgIpc) is 2.64. The van der Waals surface area contributed by atoms with Crippen LogP contribution in [-0.4, -0.2) is 44.5 Å². The first kappa shape index (κ1) is 20.0. The lowest BCUT2D eigenvalue weighted by atomic mass is 10.1. The van der Waals surface area contributed by atoms with Crippen molar-refractivity contribution >= 4 is 23.0 Å². The molecule has 0 spiro atoms. The molecule has 0 radical (unpaired) electrons. The number of rotatable bonds is 8. The third kappa shape index (κ3) is 5.61. The Hall–Kier alpha value is -2.31. The molecule has 140 valence electrons. The molecule has 0 aliphatic heterocycles. The van der Waals surface area contributed by atoms with Gasteiger partial charge in [0.1, 0.15) is 11.5 Å². The zero-order valence-corrected chi connectivity index (χ0v) is 16.5. The van der Waals surface area contributed by atoms with Gasteiger partial charge >= 0.3 is 0 Å². The Morgan fingerprint density at radius 2 is 1.85 bits per heavy atom. The summed E-state index contributed by atoms with van der Waals surface area (Å²) in [6, 6.07) is 15.1. The number of phenols is 1. The number of quaternary nitrogens is 1. The van der Waals surface area contributed by atoms with Gasteiger partial charge in [0.2, 0.25) is 0 Å². The summed E-state index contributed by atoms with van der Waals surface area (Å²) in [6.07, 6.45) is 1.03. The van der Waals surface area contributed by atoms with Crippen molar-refractivity contribution in [3.63, 3.8) is 0 Å². The highest BCUT2D eigenvalue weighted by atomic mass is 32.1. The number of nitrogens with zero attached hydrogens (tertiary/aromatic N) is 1.